The lowest BCUT2D eigenvalue weighted by Crippen LogP contribution is -2.43. The molecule has 56 heavy (non-hydrogen) atoms. The summed E-state index contributed by atoms with van der Waals surface area (Å²) in [6.07, 6.45) is 2.70. The van der Waals surface area contributed by atoms with Gasteiger partial charge >= 0.3 is 5.91 Å². The van der Waals surface area contributed by atoms with Crippen LogP contribution < -0.4 is 26.6 Å². The third-order valence-electron chi connectivity index (χ3n) is 9.49. The molecule has 298 valence electrons. The van der Waals surface area contributed by atoms with Crippen molar-refractivity contribution in [3.8, 4) is 0 Å². The number of nitrogens with one attached hydrogen (secondary N) is 1. The van der Waals surface area contributed by atoms with Crippen molar-refractivity contribution in [1.82, 2.24) is 33.6 Å². The number of anilines is 5. The number of hydrogen-bond acceptors (Lipinski definition) is 16. The number of sulfonamides is 2. The van der Waals surface area contributed by atoms with E-state index in [9.17, 15) is 26.4 Å². The highest BCUT2D eigenvalue weighted by molar-refractivity contribution is 8.04. The topological polar surface area (TPSA) is 254 Å². The van der Waals surface area contributed by atoms with Gasteiger partial charge in [-0.1, -0.05) is 49.2 Å². The van der Waals surface area contributed by atoms with E-state index in [1.165, 1.54) is 30.5 Å². The average Bonchev–Trinajstić information content (AvgIpc) is 3.54. The highest BCUT2D eigenvalue weighted by Gasteiger charge is 2.46. The molecule has 6 rings (SSSR count). The van der Waals surface area contributed by atoms with Gasteiger partial charge in [-0.2, -0.15) is 16.8 Å². The lowest BCUT2D eigenvalue weighted by molar-refractivity contribution is 0.0914. The zero-order valence-corrected chi connectivity index (χ0v) is 34.4. The van der Waals surface area contributed by atoms with Crippen molar-refractivity contribution in [3.63, 3.8) is 0 Å². The Hall–Kier alpha value is -4.92. The minimum absolute atomic E-state index is 0.0279. The lowest BCUT2D eigenvalue weighted by atomic mass is 9.97. The van der Waals surface area contributed by atoms with Crippen LogP contribution in [-0.2, 0) is 20.0 Å². The van der Waals surface area contributed by atoms with E-state index in [0.717, 1.165) is 18.6 Å². The fourth-order valence-electron chi connectivity index (χ4n) is 7.36. The molecule has 0 radical (unpaired) electrons. The minimum atomic E-state index is -5.41. The molecule has 4 aromatic rings. The van der Waals surface area contributed by atoms with Crippen molar-refractivity contribution in [2.75, 3.05) is 39.7 Å². The number of pyridine rings is 2. The first-order valence-corrected chi connectivity index (χ1v) is 20.9. The fourth-order valence-corrected chi connectivity index (χ4v) is 11.1. The van der Waals surface area contributed by atoms with E-state index in [1.807, 2.05) is 44.4 Å². The second-order valence-corrected chi connectivity index (χ2v) is 19.6. The normalized spacial score (nSPS) is 19.2. The molecule has 2 atom stereocenters. The number of aromatic nitrogens is 6. The summed E-state index contributed by atoms with van der Waals surface area (Å²) in [6, 6.07) is 6.82. The largest absolute Gasteiger partial charge is 0.384 e. The summed E-state index contributed by atoms with van der Waals surface area (Å²) < 4.78 is 56.3. The van der Waals surface area contributed by atoms with Crippen molar-refractivity contribution >= 4 is 84.2 Å². The fraction of sp³-hybridized carbons (Fsp3) is 0.412. The van der Waals surface area contributed by atoms with Crippen molar-refractivity contribution in [3.05, 3.63) is 64.3 Å². The minimum Gasteiger partial charge on any atom is -0.384 e. The van der Waals surface area contributed by atoms with Gasteiger partial charge in [-0.3, -0.25) is 9.59 Å². The second-order valence-electron chi connectivity index (χ2n) is 15.1. The third kappa shape index (κ3) is 7.61. The van der Waals surface area contributed by atoms with Gasteiger partial charge in [0.05, 0.1) is 6.20 Å². The molecule has 0 bridgehead atoms. The number of halogens is 2. The van der Waals surface area contributed by atoms with Crippen LogP contribution in [0.15, 0.2) is 52.6 Å². The predicted molar refractivity (Wildman–Crippen MR) is 210 cm³/mol. The van der Waals surface area contributed by atoms with Crippen LogP contribution in [-0.4, -0.2) is 86.4 Å². The number of carbonyl (C=O) groups is 2. The third-order valence-corrected chi connectivity index (χ3v) is 13.8. The second kappa shape index (κ2) is 14.5. The van der Waals surface area contributed by atoms with Gasteiger partial charge in [-0.05, 0) is 76.6 Å². The van der Waals surface area contributed by atoms with Crippen molar-refractivity contribution in [2.24, 2.45) is 11.8 Å². The van der Waals surface area contributed by atoms with E-state index in [1.54, 1.807) is 0 Å². The Kier molecular flexibility index (Phi) is 10.6. The van der Waals surface area contributed by atoms with Crippen LogP contribution in [0.2, 0.25) is 10.3 Å². The molecule has 5 N–H and O–H groups in total. The molecule has 2 aliphatic heterocycles. The average molecular weight is 848 g/mol. The van der Waals surface area contributed by atoms with Gasteiger partial charge in [-0.15, -0.1) is 3.71 Å². The maximum atomic E-state index is 14.6. The maximum Gasteiger partial charge on any atom is 0.304 e. The Labute approximate surface area is 334 Å². The first-order chi connectivity index (χ1) is 26.0. The van der Waals surface area contributed by atoms with Gasteiger partial charge < -0.3 is 26.6 Å². The van der Waals surface area contributed by atoms with Crippen LogP contribution in [0.1, 0.15) is 75.4 Å². The number of rotatable bonds is 9. The molecular weight excluding hydrogens is 807 g/mol. The number of amides is 2. The zero-order valence-electron chi connectivity index (χ0n) is 31.2. The zero-order chi connectivity index (χ0) is 41.1. The van der Waals surface area contributed by atoms with Crippen molar-refractivity contribution < 1.29 is 26.4 Å². The van der Waals surface area contributed by atoms with Crippen LogP contribution >= 0.6 is 23.2 Å². The first-order valence-electron chi connectivity index (χ1n) is 17.3. The molecule has 18 nitrogen and oxygen atoms in total. The molecular formula is C34H40Cl2N12O6S2. The van der Waals surface area contributed by atoms with Crippen molar-refractivity contribution in [2.45, 2.75) is 75.5 Å². The molecule has 2 fully saturated rings. The van der Waals surface area contributed by atoms with E-state index in [2.05, 4.69) is 42.1 Å². The van der Waals surface area contributed by atoms with Gasteiger partial charge in [0.25, 0.3) is 26.0 Å². The summed E-state index contributed by atoms with van der Waals surface area (Å²) in [6.45, 7) is 13.0. The SMILES string of the molecule is C[C@@H]1CN(c2nc(Cl)c(C(=O)N(S(=O)(=O)c3cccc(N)n3)S(=O)(=O)c3cccc(N)n3)nc2NC(=O)c2ncc(Cl)nc2N2C[C@@H](C)CC2(C)C)C(C)(C)C1. The first kappa shape index (κ1) is 40.7. The summed E-state index contributed by atoms with van der Waals surface area (Å²) in [5.41, 5.74) is 9.41. The molecule has 0 aliphatic carbocycles. The van der Waals surface area contributed by atoms with Gasteiger partial charge in [-0.25, -0.2) is 29.9 Å². The van der Waals surface area contributed by atoms with E-state index in [0.29, 0.717) is 19.5 Å². The molecule has 0 saturated carbocycles. The van der Waals surface area contributed by atoms with Crippen LogP contribution in [0.25, 0.3) is 0 Å². The number of hydrogen-bond donors (Lipinski definition) is 3. The Morgan fingerprint density at radius 3 is 1.73 bits per heavy atom. The summed E-state index contributed by atoms with van der Waals surface area (Å²) in [5, 5.41) is 0.269. The Balaban J connectivity index is 1.53. The van der Waals surface area contributed by atoms with Crippen molar-refractivity contribution in [1.29, 1.82) is 0 Å². The molecule has 0 unspecified atom stereocenters. The van der Waals surface area contributed by atoms with E-state index in [4.69, 9.17) is 34.7 Å². The molecule has 2 saturated heterocycles. The van der Waals surface area contributed by atoms with Gasteiger partial charge in [0, 0.05) is 24.2 Å². The quantitative estimate of drug-likeness (QED) is 0.213. The smallest absolute Gasteiger partial charge is 0.304 e. The number of nitrogens with two attached hydrogens (primary N) is 2. The predicted octanol–water partition coefficient (Wildman–Crippen LogP) is 4.25. The Bertz CT molecular complexity index is 2400. The summed E-state index contributed by atoms with van der Waals surface area (Å²) in [5.74, 6) is -2.90. The standard InChI is InChI=1S/C34H40Cl2N12O6S2/c1-18-13-33(3,4)46(16-18)29-26(39-15-20(35)40-29)31(49)45-28-30(47-17-19(2)14-34(47,5)6)44-27(36)25(43-28)32(50)48(55(51,52)23-11-7-9-21(37)41-23)56(53,54)24-12-8-10-22(38)42-24/h7-12,15,18-19H,13-14,16-17H2,1-6H3,(H2,37,41)(H2,38,42)(H,43,45,49)/t18-,19-/m0/s1. The molecule has 0 spiro atoms. The molecule has 0 aromatic carbocycles. The van der Waals surface area contributed by atoms with Gasteiger partial charge in [0.1, 0.15) is 16.8 Å². The molecule has 2 aliphatic rings. The highest BCUT2D eigenvalue weighted by Crippen LogP contribution is 2.41. The number of nitrogens with zero attached hydrogens (tertiary/aromatic N) is 9. The molecule has 6 heterocycles. The van der Waals surface area contributed by atoms with Crippen LogP contribution in [0.4, 0.5) is 29.1 Å². The monoisotopic (exact) mass is 846 g/mol. The maximum absolute atomic E-state index is 14.6. The van der Waals surface area contributed by atoms with Crippen LogP contribution in [0, 0.1) is 11.8 Å². The van der Waals surface area contributed by atoms with E-state index in [-0.39, 0.29) is 51.8 Å². The summed E-state index contributed by atoms with van der Waals surface area (Å²) >= 11 is 12.9. The van der Waals surface area contributed by atoms with E-state index >= 15 is 0 Å². The Morgan fingerprint density at radius 1 is 0.768 bits per heavy atom. The van der Waals surface area contributed by atoms with E-state index < -0.39 is 67.5 Å². The molecule has 4 aromatic heterocycles. The summed E-state index contributed by atoms with van der Waals surface area (Å²) in [4.78, 5) is 57.8. The summed E-state index contributed by atoms with van der Waals surface area (Å²) in [7, 11) is -10.8. The van der Waals surface area contributed by atoms with Gasteiger partial charge in [0.15, 0.2) is 44.0 Å². The number of nitrogen functional groups attached to an aromatic ring is 2. The van der Waals surface area contributed by atoms with Crippen LogP contribution in [0.5, 0.6) is 0 Å². The molecule has 2 amide bonds. The lowest BCUT2D eigenvalue weighted by Gasteiger charge is -2.34. The van der Waals surface area contributed by atoms with Gasteiger partial charge in [0.2, 0.25) is 0 Å². The Morgan fingerprint density at radius 2 is 1.27 bits per heavy atom. The molecule has 22 heteroatoms. The van der Waals surface area contributed by atoms with Crippen LogP contribution in [0.3, 0.4) is 0 Å². The highest BCUT2D eigenvalue weighted by atomic mass is 35.5. The number of carbonyl (C=O) groups excluding carboxylic acids is 2.